The van der Waals surface area contributed by atoms with E-state index in [1.54, 1.807) is 20.8 Å². The monoisotopic (exact) mass is 303 g/mol. The molecule has 20 heavy (non-hydrogen) atoms. The lowest BCUT2D eigenvalue weighted by atomic mass is 9.88. The zero-order valence-electron chi connectivity index (χ0n) is 11.8. The van der Waals surface area contributed by atoms with E-state index in [4.69, 9.17) is 5.11 Å². The quantitative estimate of drug-likeness (QED) is 0.890. The minimum absolute atomic E-state index is 0.256. The first kappa shape index (κ1) is 16.6. The van der Waals surface area contributed by atoms with Crippen molar-refractivity contribution in [3.05, 3.63) is 29.6 Å². The predicted octanol–water partition coefficient (Wildman–Crippen LogP) is 1.91. The van der Waals surface area contributed by atoms with Crippen LogP contribution in [-0.2, 0) is 14.8 Å². The standard InChI is InChI=1S/C13H18FNO4S/c1-8-5-6-9(14)7-10(8)20(18,19)15-11(12(16)17)13(2,3)4/h5-7,11,15H,1-4H3,(H,16,17)/t11-/m0/s1. The predicted molar refractivity (Wildman–Crippen MR) is 72.3 cm³/mol. The van der Waals surface area contributed by atoms with E-state index in [0.717, 1.165) is 12.1 Å². The largest absolute Gasteiger partial charge is 0.480 e. The van der Waals surface area contributed by atoms with Crippen molar-refractivity contribution in [2.24, 2.45) is 5.41 Å². The maximum absolute atomic E-state index is 13.2. The lowest BCUT2D eigenvalue weighted by Crippen LogP contribution is -2.49. The third-order valence-corrected chi connectivity index (χ3v) is 4.39. The molecular weight excluding hydrogens is 285 g/mol. The molecule has 1 atom stereocenters. The number of benzene rings is 1. The zero-order chi connectivity index (χ0) is 15.7. The van der Waals surface area contributed by atoms with Crippen LogP contribution in [0.5, 0.6) is 0 Å². The fraction of sp³-hybridized carbons (Fsp3) is 0.462. The van der Waals surface area contributed by atoms with Gasteiger partial charge >= 0.3 is 5.97 Å². The average molecular weight is 303 g/mol. The Balaban J connectivity index is 3.24. The van der Waals surface area contributed by atoms with Gasteiger partial charge in [0.1, 0.15) is 11.9 Å². The minimum atomic E-state index is -4.11. The van der Waals surface area contributed by atoms with Crippen LogP contribution < -0.4 is 4.72 Å². The molecule has 0 spiro atoms. The number of rotatable bonds is 4. The third kappa shape index (κ3) is 3.77. The lowest BCUT2D eigenvalue weighted by molar-refractivity contribution is -0.141. The molecule has 0 aromatic heterocycles. The van der Waals surface area contributed by atoms with Gasteiger partial charge in [0.15, 0.2) is 0 Å². The maximum atomic E-state index is 13.2. The Hall–Kier alpha value is -1.47. The van der Waals surface area contributed by atoms with E-state index < -0.39 is 33.3 Å². The molecule has 0 unspecified atom stereocenters. The van der Waals surface area contributed by atoms with Gasteiger partial charge in [0.05, 0.1) is 4.90 Å². The van der Waals surface area contributed by atoms with E-state index in [2.05, 4.69) is 4.72 Å². The molecule has 0 fully saturated rings. The Bertz CT molecular complexity index is 620. The molecule has 0 amide bonds. The van der Waals surface area contributed by atoms with Gasteiger partial charge in [-0.2, -0.15) is 4.72 Å². The van der Waals surface area contributed by atoms with Crippen molar-refractivity contribution in [1.29, 1.82) is 0 Å². The molecule has 0 heterocycles. The highest BCUT2D eigenvalue weighted by atomic mass is 32.2. The molecule has 0 aliphatic heterocycles. The molecule has 112 valence electrons. The van der Waals surface area contributed by atoms with Gasteiger partial charge in [-0.25, -0.2) is 12.8 Å². The molecule has 0 saturated carbocycles. The molecule has 2 N–H and O–H groups in total. The molecule has 7 heteroatoms. The molecule has 5 nitrogen and oxygen atoms in total. The Morgan fingerprint density at radius 2 is 1.90 bits per heavy atom. The summed E-state index contributed by atoms with van der Waals surface area (Å²) in [6.45, 7) is 6.33. The molecule has 0 aliphatic carbocycles. The summed E-state index contributed by atoms with van der Waals surface area (Å²) in [5.41, 5.74) is -0.475. The van der Waals surface area contributed by atoms with Crippen molar-refractivity contribution in [2.75, 3.05) is 0 Å². The average Bonchev–Trinajstić information content (AvgIpc) is 2.27. The van der Waals surface area contributed by atoms with Gasteiger partial charge in [-0.05, 0) is 30.0 Å². The van der Waals surface area contributed by atoms with Crippen LogP contribution in [-0.4, -0.2) is 25.5 Å². The van der Waals surface area contributed by atoms with Crippen LogP contribution in [0.25, 0.3) is 0 Å². The number of aryl methyl sites for hydroxylation is 1. The van der Waals surface area contributed by atoms with Gasteiger partial charge in [0.25, 0.3) is 0 Å². The van der Waals surface area contributed by atoms with Crippen molar-refractivity contribution in [2.45, 2.75) is 38.6 Å². The Morgan fingerprint density at radius 1 is 1.35 bits per heavy atom. The van der Waals surface area contributed by atoms with Gasteiger partial charge in [-0.3, -0.25) is 4.79 Å². The van der Waals surface area contributed by atoms with Crippen LogP contribution in [0.15, 0.2) is 23.1 Å². The first-order chi connectivity index (χ1) is 8.95. The number of carboxylic acids is 1. The number of aliphatic carboxylic acids is 1. The maximum Gasteiger partial charge on any atom is 0.322 e. The van der Waals surface area contributed by atoms with E-state index in [1.165, 1.54) is 13.0 Å². The van der Waals surface area contributed by atoms with Gasteiger partial charge in [-0.15, -0.1) is 0 Å². The first-order valence-corrected chi connectivity index (χ1v) is 7.45. The highest BCUT2D eigenvalue weighted by Crippen LogP contribution is 2.23. The summed E-state index contributed by atoms with van der Waals surface area (Å²) in [7, 11) is -4.11. The van der Waals surface area contributed by atoms with Gasteiger partial charge < -0.3 is 5.11 Å². The summed E-state index contributed by atoms with van der Waals surface area (Å²) >= 11 is 0. The minimum Gasteiger partial charge on any atom is -0.480 e. The summed E-state index contributed by atoms with van der Waals surface area (Å²) in [5.74, 6) is -1.98. The summed E-state index contributed by atoms with van der Waals surface area (Å²) < 4.78 is 39.8. The highest BCUT2D eigenvalue weighted by molar-refractivity contribution is 7.89. The fourth-order valence-corrected chi connectivity index (χ4v) is 3.33. The first-order valence-electron chi connectivity index (χ1n) is 5.96. The zero-order valence-corrected chi connectivity index (χ0v) is 12.6. The number of nitrogens with one attached hydrogen (secondary N) is 1. The van der Waals surface area contributed by atoms with E-state index in [1.807, 2.05) is 0 Å². The molecule has 1 rings (SSSR count). The van der Waals surface area contributed by atoms with Crippen molar-refractivity contribution >= 4 is 16.0 Å². The Morgan fingerprint density at radius 3 is 2.35 bits per heavy atom. The number of halogens is 1. The summed E-state index contributed by atoms with van der Waals surface area (Å²) in [6, 6.07) is 2.04. The van der Waals surface area contributed by atoms with Crippen molar-refractivity contribution in [3.63, 3.8) is 0 Å². The molecule has 1 aromatic carbocycles. The van der Waals surface area contributed by atoms with Crippen molar-refractivity contribution in [3.8, 4) is 0 Å². The molecule has 0 bridgehead atoms. The number of sulfonamides is 1. The fourth-order valence-electron chi connectivity index (χ4n) is 1.68. The van der Waals surface area contributed by atoms with E-state index in [0.29, 0.717) is 5.56 Å². The van der Waals surface area contributed by atoms with Crippen LogP contribution in [0.3, 0.4) is 0 Å². The van der Waals surface area contributed by atoms with E-state index in [-0.39, 0.29) is 4.90 Å². The highest BCUT2D eigenvalue weighted by Gasteiger charge is 2.35. The molecule has 1 aromatic rings. The lowest BCUT2D eigenvalue weighted by Gasteiger charge is -2.27. The van der Waals surface area contributed by atoms with E-state index >= 15 is 0 Å². The molecular formula is C13H18FNO4S. The SMILES string of the molecule is Cc1ccc(F)cc1S(=O)(=O)N[C@@H](C(=O)O)C(C)(C)C. The number of hydrogen-bond acceptors (Lipinski definition) is 3. The summed E-state index contributed by atoms with van der Waals surface area (Å²) in [6.07, 6.45) is 0. The summed E-state index contributed by atoms with van der Waals surface area (Å²) in [5, 5.41) is 9.14. The van der Waals surface area contributed by atoms with Gasteiger partial charge in [-0.1, -0.05) is 26.8 Å². The second-order valence-electron chi connectivity index (χ2n) is 5.67. The normalized spacial score (nSPS) is 14.1. The van der Waals surface area contributed by atoms with Crippen LogP contribution >= 0.6 is 0 Å². The molecule has 0 saturated heterocycles. The van der Waals surface area contributed by atoms with Crippen molar-refractivity contribution < 1.29 is 22.7 Å². The summed E-state index contributed by atoms with van der Waals surface area (Å²) in [4.78, 5) is 10.9. The van der Waals surface area contributed by atoms with Crippen LogP contribution in [0.2, 0.25) is 0 Å². The Kier molecular flexibility index (Phi) is 4.55. The smallest absolute Gasteiger partial charge is 0.322 e. The van der Waals surface area contributed by atoms with Crippen LogP contribution in [0.4, 0.5) is 4.39 Å². The number of hydrogen-bond donors (Lipinski definition) is 2. The van der Waals surface area contributed by atoms with E-state index in [9.17, 15) is 17.6 Å². The Labute approximate surface area is 117 Å². The topological polar surface area (TPSA) is 83.5 Å². The second kappa shape index (κ2) is 5.49. The van der Waals surface area contributed by atoms with Crippen molar-refractivity contribution in [1.82, 2.24) is 4.72 Å². The molecule has 0 radical (unpaired) electrons. The number of carboxylic acid groups (broad SMARTS) is 1. The second-order valence-corrected chi connectivity index (χ2v) is 7.35. The molecule has 0 aliphatic rings. The third-order valence-electron chi connectivity index (χ3n) is 2.83. The van der Waals surface area contributed by atoms with Gasteiger partial charge in [0.2, 0.25) is 10.0 Å². The van der Waals surface area contributed by atoms with Gasteiger partial charge in [0, 0.05) is 0 Å². The van der Waals surface area contributed by atoms with Crippen LogP contribution in [0.1, 0.15) is 26.3 Å². The number of carbonyl (C=O) groups is 1. The van der Waals surface area contributed by atoms with Crippen LogP contribution in [0, 0.1) is 18.2 Å².